The van der Waals surface area contributed by atoms with Crippen LogP contribution in [-0.4, -0.2) is 11.2 Å². The monoisotopic (exact) mass is 693 g/mol. The zero-order chi connectivity index (χ0) is 35.5. The van der Waals surface area contributed by atoms with Crippen molar-refractivity contribution in [1.82, 2.24) is 4.98 Å². The number of fused-ring (bicyclic) bond motifs is 2. The Hall–Kier alpha value is -5.71. The summed E-state index contributed by atoms with van der Waals surface area (Å²) in [5.74, 6) is 0. The summed E-state index contributed by atoms with van der Waals surface area (Å²) < 4.78 is 0. The molecule has 0 amide bonds. The maximum atomic E-state index is 4.33. The SMILES string of the molecule is C=CC/C=C\N=C/C/C=C/c1ccc(N(C2=CC=C(/C(C)=C/C=C3\Cc4ccccc4S3)CC2)c2ccc(-c3ccc4ccncc4c3)cc2)cc1. The molecule has 0 spiro atoms. The highest BCUT2D eigenvalue weighted by Crippen LogP contribution is 2.40. The smallest absolute Gasteiger partial charge is 0.0458 e. The number of aliphatic imine (C=N–C) groups is 1. The van der Waals surface area contributed by atoms with Crippen molar-refractivity contribution >= 4 is 46.2 Å². The van der Waals surface area contributed by atoms with Crippen molar-refractivity contribution in [3.8, 4) is 11.1 Å². The van der Waals surface area contributed by atoms with Crippen LogP contribution in [0, 0.1) is 0 Å². The molecule has 2 aliphatic rings. The van der Waals surface area contributed by atoms with Gasteiger partial charge in [-0.3, -0.25) is 9.98 Å². The van der Waals surface area contributed by atoms with E-state index in [9.17, 15) is 0 Å². The van der Waals surface area contributed by atoms with Gasteiger partial charge in [-0.1, -0.05) is 109 Å². The third-order valence-corrected chi connectivity index (χ3v) is 10.6. The van der Waals surface area contributed by atoms with Crippen molar-refractivity contribution in [2.45, 2.75) is 43.9 Å². The maximum absolute atomic E-state index is 4.33. The Bertz CT molecular complexity index is 2240. The van der Waals surface area contributed by atoms with E-state index in [1.165, 1.54) is 54.3 Å². The summed E-state index contributed by atoms with van der Waals surface area (Å²) in [4.78, 5) is 13.8. The topological polar surface area (TPSA) is 28.5 Å². The molecule has 0 fully saturated rings. The van der Waals surface area contributed by atoms with Crippen molar-refractivity contribution in [1.29, 1.82) is 0 Å². The molecule has 1 aromatic heterocycles. The van der Waals surface area contributed by atoms with Gasteiger partial charge in [-0.2, -0.15) is 0 Å². The van der Waals surface area contributed by atoms with Gasteiger partial charge in [0.2, 0.25) is 0 Å². The summed E-state index contributed by atoms with van der Waals surface area (Å²) in [6.45, 7) is 5.97. The lowest BCUT2D eigenvalue weighted by Gasteiger charge is -2.30. The van der Waals surface area contributed by atoms with E-state index in [1.807, 2.05) is 48.7 Å². The zero-order valence-electron chi connectivity index (χ0n) is 29.7. The minimum absolute atomic E-state index is 0.783. The number of aromatic nitrogens is 1. The van der Waals surface area contributed by atoms with E-state index in [-0.39, 0.29) is 0 Å². The fraction of sp³-hybridized carbons (Fsp3) is 0.125. The molecule has 4 heteroatoms. The van der Waals surface area contributed by atoms with E-state index in [2.05, 4.69) is 162 Å². The highest BCUT2D eigenvalue weighted by molar-refractivity contribution is 8.03. The number of nitrogens with zero attached hydrogens (tertiary/aromatic N) is 3. The summed E-state index contributed by atoms with van der Waals surface area (Å²) in [6.07, 6.45) is 29.5. The Labute approximate surface area is 312 Å². The summed E-state index contributed by atoms with van der Waals surface area (Å²) >= 11 is 1.90. The third-order valence-electron chi connectivity index (χ3n) is 9.42. The molecule has 2 heterocycles. The molecule has 3 nitrogen and oxygen atoms in total. The van der Waals surface area contributed by atoms with Crippen LogP contribution >= 0.6 is 11.8 Å². The molecule has 1 aliphatic heterocycles. The van der Waals surface area contributed by atoms with Crippen LogP contribution in [-0.2, 0) is 6.42 Å². The summed E-state index contributed by atoms with van der Waals surface area (Å²) in [7, 11) is 0. The van der Waals surface area contributed by atoms with E-state index in [0.717, 1.165) is 48.9 Å². The maximum Gasteiger partial charge on any atom is 0.0458 e. The van der Waals surface area contributed by atoms with Crippen LogP contribution in [0.4, 0.5) is 11.4 Å². The van der Waals surface area contributed by atoms with Gasteiger partial charge < -0.3 is 4.90 Å². The van der Waals surface area contributed by atoms with Gasteiger partial charge in [-0.15, -0.1) is 6.58 Å². The van der Waals surface area contributed by atoms with Crippen molar-refractivity contribution in [3.05, 3.63) is 198 Å². The largest absolute Gasteiger partial charge is 0.314 e. The molecule has 0 saturated carbocycles. The fourth-order valence-corrected chi connectivity index (χ4v) is 7.63. The highest BCUT2D eigenvalue weighted by Gasteiger charge is 2.19. The molecule has 0 bridgehead atoms. The summed E-state index contributed by atoms with van der Waals surface area (Å²) in [5, 5.41) is 2.35. The molecule has 4 aromatic carbocycles. The average Bonchev–Trinajstić information content (AvgIpc) is 3.62. The van der Waals surface area contributed by atoms with E-state index in [0.29, 0.717) is 0 Å². The number of hydrogen-bond donors (Lipinski definition) is 0. The lowest BCUT2D eigenvalue weighted by molar-refractivity contribution is 0.880. The predicted octanol–water partition coefficient (Wildman–Crippen LogP) is 13.4. The summed E-state index contributed by atoms with van der Waals surface area (Å²) in [5.41, 5.74) is 11.3. The predicted molar refractivity (Wildman–Crippen MR) is 225 cm³/mol. The molecule has 7 rings (SSSR count). The Morgan fingerprint density at radius 3 is 2.44 bits per heavy atom. The van der Waals surface area contributed by atoms with Gasteiger partial charge >= 0.3 is 0 Å². The van der Waals surface area contributed by atoms with Gasteiger partial charge in [0.05, 0.1) is 0 Å². The first-order chi connectivity index (χ1) is 25.6. The molecule has 52 heavy (non-hydrogen) atoms. The highest BCUT2D eigenvalue weighted by atomic mass is 32.2. The quantitative estimate of drug-likeness (QED) is 0.0962. The van der Waals surface area contributed by atoms with Crippen molar-refractivity contribution in [2.75, 3.05) is 4.90 Å². The summed E-state index contributed by atoms with van der Waals surface area (Å²) in [6, 6.07) is 35.2. The van der Waals surface area contributed by atoms with Gasteiger partial charge in [0.15, 0.2) is 0 Å². The fourth-order valence-electron chi connectivity index (χ4n) is 6.56. The first kappa shape index (κ1) is 34.7. The second-order valence-electron chi connectivity index (χ2n) is 13.0. The van der Waals surface area contributed by atoms with Crippen LogP contribution in [0.15, 0.2) is 196 Å². The first-order valence-corrected chi connectivity index (χ1v) is 18.8. The normalized spacial score (nSPS) is 15.5. The molecule has 256 valence electrons. The molecule has 0 unspecified atom stereocenters. The molecule has 0 radical (unpaired) electrons. The van der Waals surface area contributed by atoms with E-state index >= 15 is 0 Å². The molecular formula is C48H43N3S. The second-order valence-corrected chi connectivity index (χ2v) is 14.2. The lowest BCUT2D eigenvalue weighted by Crippen LogP contribution is -2.18. The van der Waals surface area contributed by atoms with Crippen LogP contribution in [0.2, 0.25) is 0 Å². The number of pyridine rings is 1. The van der Waals surface area contributed by atoms with E-state index < -0.39 is 0 Å². The second kappa shape index (κ2) is 17.0. The van der Waals surface area contributed by atoms with Gasteiger partial charge in [0.25, 0.3) is 0 Å². The van der Waals surface area contributed by atoms with Crippen LogP contribution in [0.1, 0.15) is 43.7 Å². The Kier molecular flexibility index (Phi) is 11.4. The van der Waals surface area contributed by atoms with E-state index in [4.69, 9.17) is 0 Å². The number of benzene rings is 4. The van der Waals surface area contributed by atoms with Crippen molar-refractivity contribution in [2.24, 2.45) is 4.99 Å². The Morgan fingerprint density at radius 2 is 1.65 bits per heavy atom. The van der Waals surface area contributed by atoms with Crippen molar-refractivity contribution < 1.29 is 0 Å². The van der Waals surface area contributed by atoms with Gasteiger partial charge in [-0.05, 0) is 118 Å². The number of thioether (sulfide) groups is 1. The van der Waals surface area contributed by atoms with Crippen LogP contribution < -0.4 is 4.90 Å². The zero-order valence-corrected chi connectivity index (χ0v) is 30.5. The molecule has 0 atom stereocenters. The van der Waals surface area contributed by atoms with Gasteiger partial charge in [0.1, 0.15) is 0 Å². The number of allylic oxidation sites excluding steroid dienone is 11. The van der Waals surface area contributed by atoms with E-state index in [1.54, 1.807) is 0 Å². The van der Waals surface area contributed by atoms with Gasteiger partial charge in [0, 0.05) is 65.0 Å². The Morgan fingerprint density at radius 1 is 0.846 bits per heavy atom. The van der Waals surface area contributed by atoms with Gasteiger partial charge in [-0.25, -0.2) is 0 Å². The number of rotatable bonds is 12. The minimum Gasteiger partial charge on any atom is -0.314 e. The van der Waals surface area contributed by atoms with Crippen molar-refractivity contribution in [3.63, 3.8) is 0 Å². The number of hydrogen-bond acceptors (Lipinski definition) is 4. The molecular weight excluding hydrogens is 651 g/mol. The number of anilines is 2. The average molecular weight is 694 g/mol. The van der Waals surface area contributed by atoms with Crippen LogP contribution in [0.5, 0.6) is 0 Å². The third kappa shape index (κ3) is 8.59. The lowest BCUT2D eigenvalue weighted by atomic mass is 9.95. The molecule has 1 aliphatic carbocycles. The van der Waals surface area contributed by atoms with Crippen LogP contribution in [0.3, 0.4) is 0 Å². The first-order valence-electron chi connectivity index (χ1n) is 18.0. The molecule has 5 aromatic rings. The van der Waals surface area contributed by atoms with Crippen LogP contribution in [0.25, 0.3) is 28.0 Å². The molecule has 0 N–H and O–H groups in total. The molecule has 0 saturated heterocycles. The standard InChI is InChI=1S/C48H43N3S/c1-3-4-8-30-49-31-9-7-10-37-14-22-44(23-15-37)51(46-26-20-39(21-27-46)41-17-16-40-29-32-50-35-43(40)33-41)45-24-18-38(19-25-45)36(2)13-28-47-34-42-11-5-6-12-48(42)52-47/h3,5-8,10-18,20-24,26-33,35H,1,4,9,19,25,34H2,2H3/b10-7+,30-8-,36-13+,47-28+,49-31-. The minimum atomic E-state index is 0.783. The Balaban J connectivity index is 1.13.